The van der Waals surface area contributed by atoms with Crippen molar-refractivity contribution in [3.63, 3.8) is 0 Å². The average Bonchev–Trinajstić information content (AvgIpc) is 2.49. The summed E-state index contributed by atoms with van der Waals surface area (Å²) in [6.45, 7) is 5.30. The molecule has 0 amide bonds. The highest BCUT2D eigenvalue weighted by molar-refractivity contribution is 5.20. The molecule has 120 valence electrons. The summed E-state index contributed by atoms with van der Waals surface area (Å²) in [4.78, 5) is 0. The molecule has 1 unspecified atom stereocenters. The molecule has 0 spiro atoms. The van der Waals surface area contributed by atoms with Gasteiger partial charge in [0.25, 0.3) is 0 Å². The smallest absolute Gasteiger partial charge is 0.123 e. The summed E-state index contributed by atoms with van der Waals surface area (Å²) < 4.78 is 13.3. The Morgan fingerprint density at radius 3 is 2.24 bits per heavy atom. The zero-order valence-electron chi connectivity index (χ0n) is 13.8. The lowest BCUT2D eigenvalue weighted by atomic mass is 9.99. The normalized spacial score (nSPS) is 12.5. The van der Waals surface area contributed by atoms with Crippen LogP contribution in [0.1, 0.15) is 83.2 Å². The van der Waals surface area contributed by atoms with Crippen LogP contribution in [0.4, 0.5) is 4.39 Å². The van der Waals surface area contributed by atoms with Crippen molar-refractivity contribution in [3.05, 3.63) is 35.6 Å². The lowest BCUT2D eigenvalue weighted by molar-refractivity contribution is 0.472. The fourth-order valence-electron chi connectivity index (χ4n) is 2.84. The van der Waals surface area contributed by atoms with Gasteiger partial charge in [0.15, 0.2) is 0 Å². The molecule has 0 aromatic heterocycles. The van der Waals surface area contributed by atoms with E-state index >= 15 is 0 Å². The Labute approximate surface area is 130 Å². The van der Waals surface area contributed by atoms with Crippen LogP contribution in [0.5, 0.6) is 0 Å². The molecule has 0 saturated carbocycles. The van der Waals surface area contributed by atoms with Crippen molar-refractivity contribution in [1.29, 1.82) is 0 Å². The highest BCUT2D eigenvalue weighted by Crippen LogP contribution is 2.21. The Hall–Kier alpha value is -0.890. The van der Waals surface area contributed by atoms with Gasteiger partial charge in [0.1, 0.15) is 5.82 Å². The summed E-state index contributed by atoms with van der Waals surface area (Å²) in [7, 11) is 0. The van der Waals surface area contributed by atoms with E-state index in [1.165, 1.54) is 57.4 Å². The van der Waals surface area contributed by atoms with Crippen molar-refractivity contribution in [2.45, 2.75) is 77.7 Å². The summed E-state index contributed by atoms with van der Waals surface area (Å²) in [5.41, 5.74) is 1.08. The minimum Gasteiger partial charge on any atom is -0.310 e. The van der Waals surface area contributed by atoms with Gasteiger partial charge >= 0.3 is 0 Å². The largest absolute Gasteiger partial charge is 0.310 e. The summed E-state index contributed by atoms with van der Waals surface area (Å²) in [6, 6.07) is 7.32. The number of benzene rings is 1. The molecule has 0 bridgehead atoms. The first-order valence-corrected chi connectivity index (χ1v) is 8.76. The standard InChI is InChI=1S/C19H32FN/c1-3-5-6-7-8-9-10-11-15-19(21-4-2)17-13-12-14-18(20)16-17/h12-14,16,19,21H,3-11,15H2,1-2H3. The van der Waals surface area contributed by atoms with Gasteiger partial charge in [-0.2, -0.15) is 0 Å². The second-order valence-electron chi connectivity index (χ2n) is 5.93. The SMILES string of the molecule is CCCCCCCCCCC(NCC)c1cccc(F)c1. The van der Waals surface area contributed by atoms with E-state index in [9.17, 15) is 4.39 Å². The summed E-state index contributed by atoms with van der Waals surface area (Å²) in [5, 5.41) is 3.48. The van der Waals surface area contributed by atoms with E-state index in [1.807, 2.05) is 12.1 Å². The second kappa shape index (κ2) is 11.7. The number of unbranched alkanes of at least 4 members (excludes halogenated alkanes) is 7. The predicted octanol–water partition coefficient (Wildman–Crippen LogP) is 6.01. The average molecular weight is 293 g/mol. The van der Waals surface area contributed by atoms with Gasteiger partial charge < -0.3 is 5.32 Å². The third kappa shape index (κ3) is 8.21. The lowest BCUT2D eigenvalue weighted by Gasteiger charge is -2.18. The third-order valence-corrected chi connectivity index (χ3v) is 4.05. The van der Waals surface area contributed by atoms with Crippen molar-refractivity contribution in [2.24, 2.45) is 0 Å². The van der Waals surface area contributed by atoms with E-state index in [2.05, 4.69) is 19.2 Å². The summed E-state index contributed by atoms with van der Waals surface area (Å²) >= 11 is 0. The molecule has 0 radical (unpaired) electrons. The van der Waals surface area contributed by atoms with Gasteiger partial charge in [-0.3, -0.25) is 0 Å². The fraction of sp³-hybridized carbons (Fsp3) is 0.684. The molecule has 0 aliphatic heterocycles. The van der Waals surface area contributed by atoms with Crippen LogP contribution in [0.2, 0.25) is 0 Å². The highest BCUT2D eigenvalue weighted by atomic mass is 19.1. The monoisotopic (exact) mass is 293 g/mol. The molecule has 1 atom stereocenters. The molecule has 0 aliphatic rings. The van der Waals surface area contributed by atoms with E-state index in [4.69, 9.17) is 0 Å². The highest BCUT2D eigenvalue weighted by Gasteiger charge is 2.10. The maximum atomic E-state index is 13.3. The number of hydrogen-bond acceptors (Lipinski definition) is 1. The molecular weight excluding hydrogens is 261 g/mol. The number of rotatable bonds is 12. The third-order valence-electron chi connectivity index (χ3n) is 4.05. The van der Waals surface area contributed by atoms with E-state index in [0.717, 1.165) is 18.5 Å². The van der Waals surface area contributed by atoms with Gasteiger partial charge in [-0.15, -0.1) is 0 Å². The van der Waals surface area contributed by atoms with Gasteiger partial charge in [0, 0.05) is 6.04 Å². The van der Waals surface area contributed by atoms with Crippen molar-refractivity contribution in [1.82, 2.24) is 5.32 Å². The van der Waals surface area contributed by atoms with Crippen LogP contribution in [0.3, 0.4) is 0 Å². The molecule has 1 nitrogen and oxygen atoms in total. The van der Waals surface area contributed by atoms with Gasteiger partial charge in [-0.1, -0.05) is 77.3 Å². The Morgan fingerprint density at radius 2 is 1.62 bits per heavy atom. The zero-order chi connectivity index (χ0) is 15.3. The first kappa shape index (κ1) is 18.2. The van der Waals surface area contributed by atoms with Crippen molar-refractivity contribution in [2.75, 3.05) is 6.54 Å². The quantitative estimate of drug-likeness (QED) is 0.465. The molecule has 1 aromatic rings. The molecule has 0 heterocycles. The number of nitrogens with one attached hydrogen (secondary N) is 1. The molecule has 0 aliphatic carbocycles. The molecular formula is C19H32FN. The first-order chi connectivity index (χ1) is 10.3. The van der Waals surface area contributed by atoms with Crippen LogP contribution in [0.15, 0.2) is 24.3 Å². The fourth-order valence-corrected chi connectivity index (χ4v) is 2.84. The summed E-state index contributed by atoms with van der Waals surface area (Å²) in [5.74, 6) is -0.133. The van der Waals surface area contributed by atoms with Gasteiger partial charge in [0.2, 0.25) is 0 Å². The van der Waals surface area contributed by atoms with Gasteiger partial charge in [-0.05, 0) is 30.7 Å². The maximum absolute atomic E-state index is 13.3. The van der Waals surface area contributed by atoms with E-state index in [0.29, 0.717) is 6.04 Å². The van der Waals surface area contributed by atoms with Crippen molar-refractivity contribution >= 4 is 0 Å². The Kier molecular flexibility index (Phi) is 10.1. The predicted molar refractivity (Wildman–Crippen MR) is 90.0 cm³/mol. The van der Waals surface area contributed by atoms with Crippen molar-refractivity contribution < 1.29 is 4.39 Å². The van der Waals surface area contributed by atoms with Crippen LogP contribution < -0.4 is 5.32 Å². The van der Waals surface area contributed by atoms with Crippen LogP contribution in [0.25, 0.3) is 0 Å². The van der Waals surface area contributed by atoms with Crippen LogP contribution >= 0.6 is 0 Å². The lowest BCUT2D eigenvalue weighted by Crippen LogP contribution is -2.20. The van der Waals surface area contributed by atoms with Crippen LogP contribution in [-0.2, 0) is 0 Å². The van der Waals surface area contributed by atoms with Crippen molar-refractivity contribution in [3.8, 4) is 0 Å². The number of hydrogen-bond donors (Lipinski definition) is 1. The second-order valence-corrected chi connectivity index (χ2v) is 5.93. The van der Waals surface area contributed by atoms with E-state index in [-0.39, 0.29) is 5.82 Å². The van der Waals surface area contributed by atoms with Gasteiger partial charge in [-0.25, -0.2) is 4.39 Å². The zero-order valence-corrected chi connectivity index (χ0v) is 13.8. The minimum atomic E-state index is -0.133. The molecule has 1 N–H and O–H groups in total. The molecule has 0 fully saturated rings. The van der Waals surface area contributed by atoms with Gasteiger partial charge in [0.05, 0.1) is 0 Å². The minimum absolute atomic E-state index is 0.133. The molecule has 21 heavy (non-hydrogen) atoms. The molecule has 2 heteroatoms. The van der Waals surface area contributed by atoms with Crippen LogP contribution in [-0.4, -0.2) is 6.54 Å². The Balaban J connectivity index is 2.23. The maximum Gasteiger partial charge on any atom is 0.123 e. The molecule has 0 saturated heterocycles. The topological polar surface area (TPSA) is 12.0 Å². The Bertz CT molecular complexity index is 364. The molecule has 1 rings (SSSR count). The first-order valence-electron chi connectivity index (χ1n) is 8.76. The Morgan fingerprint density at radius 1 is 0.952 bits per heavy atom. The summed E-state index contributed by atoms with van der Waals surface area (Å²) in [6.07, 6.45) is 11.8. The van der Waals surface area contributed by atoms with E-state index < -0.39 is 0 Å². The van der Waals surface area contributed by atoms with Crippen LogP contribution in [0, 0.1) is 5.82 Å². The molecule has 1 aromatic carbocycles. The van der Waals surface area contributed by atoms with E-state index in [1.54, 1.807) is 6.07 Å². The number of halogens is 1.